The summed E-state index contributed by atoms with van der Waals surface area (Å²) in [6.45, 7) is 9.04. The summed E-state index contributed by atoms with van der Waals surface area (Å²) in [6.07, 6.45) is 1.44. The Morgan fingerprint density at radius 2 is 1.89 bits per heavy atom. The number of carboxylic acids is 1. The molecule has 2 amide bonds. The molecule has 2 aromatic carbocycles. The molecule has 47 heavy (non-hydrogen) atoms. The van der Waals surface area contributed by atoms with Crippen molar-refractivity contribution in [3.63, 3.8) is 0 Å². The number of nitrogens with one attached hydrogen (secondary N) is 1. The summed E-state index contributed by atoms with van der Waals surface area (Å²) in [7, 11) is 2.75. The van der Waals surface area contributed by atoms with E-state index >= 15 is 0 Å². The zero-order valence-electron chi connectivity index (χ0n) is 27.1. The van der Waals surface area contributed by atoms with E-state index in [1.807, 2.05) is 42.5 Å². The molecule has 2 heterocycles. The number of rotatable bonds is 10. The van der Waals surface area contributed by atoms with E-state index in [0.29, 0.717) is 28.1 Å². The average molecular weight is 644 g/mol. The van der Waals surface area contributed by atoms with Crippen LogP contribution in [0.4, 0.5) is 4.79 Å². The van der Waals surface area contributed by atoms with E-state index in [1.54, 1.807) is 40.0 Å². The predicted molar refractivity (Wildman–Crippen MR) is 173 cm³/mol. The van der Waals surface area contributed by atoms with Gasteiger partial charge in [-0.2, -0.15) is 4.99 Å². The molecule has 1 aromatic heterocycles. The molecular weight excluding hydrogens is 604 g/mol. The van der Waals surface area contributed by atoms with Crippen molar-refractivity contribution in [2.45, 2.75) is 56.8 Å². The summed E-state index contributed by atoms with van der Waals surface area (Å²) in [5.41, 5.74) is -2.17. The number of pyridine rings is 1. The number of alkyl carbamates (subject to hydrolysis) is 1. The zero-order chi connectivity index (χ0) is 34.2. The van der Waals surface area contributed by atoms with Gasteiger partial charge in [-0.15, -0.1) is 6.58 Å². The normalized spacial score (nSPS) is 25.6. The lowest BCUT2D eigenvalue weighted by atomic mass is 9.84. The fourth-order valence-corrected chi connectivity index (χ4v) is 6.95. The summed E-state index contributed by atoms with van der Waals surface area (Å²) in [4.78, 5) is 61.0. The molecule has 12 nitrogen and oxygen atoms in total. The van der Waals surface area contributed by atoms with E-state index in [0.717, 1.165) is 5.56 Å². The molecule has 1 aliphatic carbocycles. The number of likely N-dealkylation sites (tertiary alicyclic amines) is 1. The van der Waals surface area contributed by atoms with Crippen molar-refractivity contribution in [1.82, 2.24) is 10.3 Å². The van der Waals surface area contributed by atoms with E-state index in [1.165, 1.54) is 19.3 Å². The van der Waals surface area contributed by atoms with Gasteiger partial charge >= 0.3 is 18.0 Å². The molecule has 246 valence electrons. The van der Waals surface area contributed by atoms with Gasteiger partial charge in [-0.3, -0.25) is 0 Å². The van der Waals surface area contributed by atoms with Crippen molar-refractivity contribution in [3.8, 4) is 22.8 Å². The van der Waals surface area contributed by atoms with Gasteiger partial charge in [0, 0.05) is 29.5 Å². The number of carboxylic acid groups (broad SMARTS) is 1. The van der Waals surface area contributed by atoms with Crippen LogP contribution in [0.3, 0.4) is 0 Å². The summed E-state index contributed by atoms with van der Waals surface area (Å²) < 4.78 is 16.3. The van der Waals surface area contributed by atoms with E-state index in [4.69, 9.17) is 19.2 Å². The summed E-state index contributed by atoms with van der Waals surface area (Å²) >= 11 is 0. The highest BCUT2D eigenvalue weighted by molar-refractivity contribution is 5.92. The zero-order valence-corrected chi connectivity index (χ0v) is 27.1. The van der Waals surface area contributed by atoms with E-state index in [-0.39, 0.29) is 25.9 Å². The minimum atomic E-state index is -1.88. The number of carbonyl (C=O) groups is 3. The van der Waals surface area contributed by atoms with Crippen molar-refractivity contribution in [1.29, 1.82) is 0 Å². The van der Waals surface area contributed by atoms with Crippen molar-refractivity contribution < 1.29 is 43.0 Å². The molecular formula is C35H39N4O8+. The maximum Gasteiger partial charge on any atom is 0.407 e. The molecule has 0 bridgehead atoms. The largest absolute Gasteiger partial charge is 0.497 e. The number of hydrogen-bond donors (Lipinski definition) is 2. The lowest BCUT2D eigenvalue weighted by Crippen LogP contribution is -2.71. The van der Waals surface area contributed by atoms with Gasteiger partial charge in [-0.1, -0.05) is 57.2 Å². The maximum absolute atomic E-state index is 14.9. The van der Waals surface area contributed by atoms with Gasteiger partial charge in [0.15, 0.2) is 17.7 Å². The number of methoxy groups -OCH3 is 2. The molecule has 3 aromatic rings. The number of aliphatic imine (C=N–C) groups is 1. The van der Waals surface area contributed by atoms with Crippen LogP contribution in [0.25, 0.3) is 22.2 Å². The number of fused-ring (bicyclic) bond motifs is 1. The van der Waals surface area contributed by atoms with Crippen LogP contribution in [0.5, 0.6) is 11.5 Å². The topological polar surface area (TPSA) is 153 Å². The third kappa shape index (κ3) is 5.53. The number of aliphatic carboxylic acids is 1. The smallest absolute Gasteiger partial charge is 0.407 e. The number of quaternary nitrogens is 1. The Hall–Kier alpha value is -5.06. The van der Waals surface area contributed by atoms with Gasteiger partial charge in [0.25, 0.3) is 0 Å². The third-order valence-electron chi connectivity index (χ3n) is 9.46. The molecule has 5 rings (SSSR count). The average Bonchev–Trinajstić information content (AvgIpc) is 3.56. The van der Waals surface area contributed by atoms with Crippen molar-refractivity contribution in [2.24, 2.45) is 10.4 Å². The lowest BCUT2D eigenvalue weighted by Gasteiger charge is -2.43. The number of isocyanates is 1. The molecule has 5 atom stereocenters. The number of benzene rings is 2. The molecule has 2 N–H and O–H groups in total. The molecule has 1 aliphatic heterocycles. The predicted octanol–water partition coefficient (Wildman–Crippen LogP) is 4.66. The first-order valence-corrected chi connectivity index (χ1v) is 15.2. The number of carbonyl (C=O) groups excluding carboxylic acids is 3. The van der Waals surface area contributed by atoms with Crippen LogP contribution in [0.15, 0.2) is 72.2 Å². The number of hydrogen-bond acceptors (Lipinski definition) is 9. The van der Waals surface area contributed by atoms with Crippen LogP contribution >= 0.6 is 0 Å². The highest BCUT2D eigenvalue weighted by Crippen LogP contribution is 2.61. The van der Waals surface area contributed by atoms with E-state index < -0.39 is 51.1 Å². The van der Waals surface area contributed by atoms with E-state index in [9.17, 15) is 24.3 Å². The SMILES string of the molecule is C=CC1(N=C=O)CC1(C(=O)O)[N+]1(C(=O)C(NC(=O)OC)C(C)(C)C)CCC(Oc2cc(-c3ccccc3)nc3cc(OC)ccc23)C1. The summed E-state index contributed by atoms with van der Waals surface area (Å²) in [5, 5.41) is 14.2. The molecule has 0 radical (unpaired) electrons. The number of aromatic nitrogens is 1. The monoisotopic (exact) mass is 643 g/mol. The Morgan fingerprint density at radius 3 is 2.49 bits per heavy atom. The van der Waals surface area contributed by atoms with Gasteiger partial charge in [-0.25, -0.2) is 28.6 Å². The van der Waals surface area contributed by atoms with Crippen LogP contribution < -0.4 is 14.8 Å². The standard InChI is InChI=1S/C35H38N4O8/c1-7-34(36-21-40)20-35(34,31(42)43)39(30(41)29(33(2,3)4)38-32(44)46-6)16-15-24(19-39)47-28-18-26(22-11-9-8-10-12-22)37-27-17-23(45-5)13-14-25(27)28/h7-14,17-18,24,29H,1,15-16,19-20H2,2-6H3,(H-,38,42,43,44)/p+1. The fourth-order valence-electron chi connectivity index (χ4n) is 6.95. The van der Waals surface area contributed by atoms with Crippen LogP contribution in [-0.2, 0) is 19.1 Å². The molecule has 1 saturated carbocycles. The maximum atomic E-state index is 14.9. The highest BCUT2D eigenvalue weighted by atomic mass is 16.5. The first kappa shape index (κ1) is 33.3. The fraction of sp³-hybridized carbons (Fsp3) is 0.400. The minimum absolute atomic E-state index is 0.0393. The van der Waals surface area contributed by atoms with Gasteiger partial charge < -0.3 is 24.6 Å². The van der Waals surface area contributed by atoms with Crippen LogP contribution in [-0.4, -0.2) is 89.2 Å². The first-order valence-electron chi connectivity index (χ1n) is 15.2. The summed E-state index contributed by atoms with van der Waals surface area (Å²) in [6, 6.07) is 15.7. The second-order valence-electron chi connectivity index (χ2n) is 13.1. The molecule has 12 heteroatoms. The lowest BCUT2D eigenvalue weighted by molar-refractivity contribution is -0.873. The number of nitrogens with zero attached hydrogens (tertiary/aromatic N) is 3. The molecule has 5 unspecified atom stereocenters. The first-order chi connectivity index (χ1) is 22.3. The Kier molecular flexibility index (Phi) is 8.70. The molecule has 2 fully saturated rings. The van der Waals surface area contributed by atoms with E-state index in [2.05, 4.69) is 16.9 Å². The second kappa shape index (κ2) is 12.3. The molecule has 1 saturated heterocycles. The second-order valence-corrected chi connectivity index (χ2v) is 13.1. The Balaban J connectivity index is 1.63. The molecule has 0 spiro atoms. The molecule has 2 aliphatic rings. The van der Waals surface area contributed by atoms with Crippen LogP contribution in [0.1, 0.15) is 33.6 Å². The quantitative estimate of drug-likeness (QED) is 0.139. The number of amides is 2. The van der Waals surface area contributed by atoms with Crippen LogP contribution in [0.2, 0.25) is 0 Å². The minimum Gasteiger partial charge on any atom is -0.497 e. The third-order valence-corrected chi connectivity index (χ3v) is 9.46. The van der Waals surface area contributed by atoms with Crippen molar-refractivity contribution >= 4 is 35.0 Å². The number of ether oxygens (including phenoxy) is 3. The highest BCUT2D eigenvalue weighted by Gasteiger charge is 2.87. The van der Waals surface area contributed by atoms with Gasteiger partial charge in [0.1, 0.15) is 18.0 Å². The Morgan fingerprint density at radius 1 is 1.17 bits per heavy atom. The Bertz CT molecular complexity index is 1780. The van der Waals surface area contributed by atoms with Crippen LogP contribution in [0, 0.1) is 5.41 Å². The van der Waals surface area contributed by atoms with Crippen molar-refractivity contribution in [3.05, 3.63) is 67.3 Å². The van der Waals surface area contributed by atoms with Gasteiger partial charge in [0.05, 0.1) is 38.4 Å². The summed E-state index contributed by atoms with van der Waals surface area (Å²) in [5.74, 6) is -0.766. The van der Waals surface area contributed by atoms with Gasteiger partial charge in [0.2, 0.25) is 11.6 Å². The Labute approximate surface area is 272 Å². The van der Waals surface area contributed by atoms with Gasteiger partial charge in [-0.05, 0) is 17.5 Å². The van der Waals surface area contributed by atoms with Crippen molar-refractivity contribution in [2.75, 3.05) is 27.3 Å².